The van der Waals surface area contributed by atoms with Crippen LogP contribution in [0.5, 0.6) is 5.75 Å². The number of rotatable bonds is 8. The number of hydrogen-bond donors (Lipinski definition) is 0. The Morgan fingerprint density at radius 2 is 1.69 bits per heavy atom. The maximum absolute atomic E-state index is 13.1. The number of amides is 3. The smallest absolute Gasteiger partial charge is 0.261 e. The highest BCUT2D eigenvalue weighted by Gasteiger charge is 2.35. The fourth-order valence-electron chi connectivity index (χ4n) is 3.51. The van der Waals surface area contributed by atoms with Crippen LogP contribution in [0.2, 0.25) is 0 Å². The quantitative estimate of drug-likeness (QED) is 0.640. The van der Waals surface area contributed by atoms with Gasteiger partial charge in [-0.05, 0) is 43.2 Å². The highest BCUT2D eigenvalue weighted by Crippen LogP contribution is 2.27. The van der Waals surface area contributed by atoms with Crippen molar-refractivity contribution in [3.8, 4) is 5.75 Å². The Kier molecular flexibility index (Phi) is 6.32. The Labute approximate surface area is 171 Å². The van der Waals surface area contributed by atoms with Crippen LogP contribution in [0.1, 0.15) is 63.3 Å². The van der Waals surface area contributed by atoms with Crippen molar-refractivity contribution in [3.05, 3.63) is 64.7 Å². The predicted molar refractivity (Wildman–Crippen MR) is 110 cm³/mol. The molecule has 0 atom stereocenters. The maximum atomic E-state index is 13.1. The van der Waals surface area contributed by atoms with Gasteiger partial charge in [0.05, 0.1) is 30.3 Å². The first-order chi connectivity index (χ1) is 14.0. The molecule has 0 aromatic heterocycles. The van der Waals surface area contributed by atoms with E-state index in [0.29, 0.717) is 41.1 Å². The number of methoxy groups -OCH3 is 1. The summed E-state index contributed by atoms with van der Waals surface area (Å²) >= 11 is 0. The molecule has 152 valence electrons. The Morgan fingerprint density at radius 1 is 1.03 bits per heavy atom. The third-order valence-corrected chi connectivity index (χ3v) is 5.16. The first-order valence-electron chi connectivity index (χ1n) is 9.93. The number of nitrogens with zero attached hydrogens (tertiary/aromatic N) is 2. The molecule has 2 aromatic rings. The average Bonchev–Trinajstić information content (AvgIpc) is 2.99. The number of carbonyl (C=O) groups excluding carboxylic acids is 3. The van der Waals surface area contributed by atoms with E-state index in [0.717, 1.165) is 12.8 Å². The normalized spacial score (nSPS) is 12.9. The van der Waals surface area contributed by atoms with Gasteiger partial charge < -0.3 is 9.64 Å². The Balaban J connectivity index is 1.87. The van der Waals surface area contributed by atoms with Crippen LogP contribution < -0.4 is 4.74 Å². The summed E-state index contributed by atoms with van der Waals surface area (Å²) in [4.78, 5) is 41.3. The van der Waals surface area contributed by atoms with Crippen molar-refractivity contribution in [1.29, 1.82) is 0 Å². The first kappa shape index (κ1) is 20.6. The van der Waals surface area contributed by atoms with Crippen molar-refractivity contribution < 1.29 is 19.1 Å². The zero-order chi connectivity index (χ0) is 21.0. The van der Waals surface area contributed by atoms with Gasteiger partial charge in [-0.1, -0.05) is 31.5 Å². The standard InChI is InChI=1S/C23H26N2O4/c1-4-6-13-24(5-2)21(26)19-14-16(11-12-20(19)29-3)15-25-22(27)17-9-7-8-10-18(17)23(25)28/h7-12,14H,4-6,13,15H2,1-3H3. The van der Waals surface area contributed by atoms with E-state index in [9.17, 15) is 14.4 Å². The molecule has 0 aliphatic carbocycles. The number of hydrogen-bond acceptors (Lipinski definition) is 4. The maximum Gasteiger partial charge on any atom is 0.261 e. The molecular formula is C23H26N2O4. The largest absolute Gasteiger partial charge is 0.496 e. The highest BCUT2D eigenvalue weighted by molar-refractivity contribution is 6.21. The molecule has 0 N–H and O–H groups in total. The Hall–Kier alpha value is -3.15. The van der Waals surface area contributed by atoms with Crippen LogP contribution in [0.15, 0.2) is 42.5 Å². The minimum Gasteiger partial charge on any atom is -0.496 e. The lowest BCUT2D eigenvalue weighted by atomic mass is 10.1. The number of imide groups is 1. The van der Waals surface area contributed by atoms with E-state index in [-0.39, 0.29) is 24.3 Å². The van der Waals surface area contributed by atoms with Crippen LogP contribution in [0, 0.1) is 0 Å². The second-order valence-electron chi connectivity index (χ2n) is 7.02. The lowest BCUT2D eigenvalue weighted by molar-refractivity contribution is 0.0642. The monoisotopic (exact) mass is 394 g/mol. The van der Waals surface area contributed by atoms with Crippen LogP contribution in [0.3, 0.4) is 0 Å². The number of unbranched alkanes of at least 4 members (excludes halogenated alkanes) is 1. The van der Waals surface area contributed by atoms with Gasteiger partial charge >= 0.3 is 0 Å². The SMILES string of the molecule is CCCCN(CC)C(=O)c1cc(CN2C(=O)c3ccccc3C2=O)ccc1OC. The van der Waals surface area contributed by atoms with Crippen molar-refractivity contribution in [2.45, 2.75) is 33.2 Å². The fourth-order valence-corrected chi connectivity index (χ4v) is 3.51. The van der Waals surface area contributed by atoms with Crippen molar-refractivity contribution in [2.24, 2.45) is 0 Å². The van der Waals surface area contributed by atoms with Gasteiger partial charge in [0.25, 0.3) is 17.7 Å². The summed E-state index contributed by atoms with van der Waals surface area (Å²) in [7, 11) is 1.53. The summed E-state index contributed by atoms with van der Waals surface area (Å²) in [6, 6.07) is 12.0. The Morgan fingerprint density at radius 3 is 2.24 bits per heavy atom. The molecule has 6 heteroatoms. The van der Waals surface area contributed by atoms with E-state index in [1.54, 1.807) is 47.4 Å². The van der Waals surface area contributed by atoms with Gasteiger partial charge in [-0.25, -0.2) is 0 Å². The van der Waals surface area contributed by atoms with E-state index in [4.69, 9.17) is 4.74 Å². The molecule has 0 saturated carbocycles. The van der Waals surface area contributed by atoms with Crippen LogP contribution in [0.25, 0.3) is 0 Å². The van der Waals surface area contributed by atoms with Crippen LogP contribution in [-0.4, -0.2) is 47.7 Å². The third-order valence-electron chi connectivity index (χ3n) is 5.16. The molecule has 0 radical (unpaired) electrons. The third kappa shape index (κ3) is 4.01. The molecule has 1 aliphatic heterocycles. The van der Waals surface area contributed by atoms with E-state index in [2.05, 4.69) is 6.92 Å². The van der Waals surface area contributed by atoms with Crippen molar-refractivity contribution >= 4 is 17.7 Å². The van der Waals surface area contributed by atoms with Crippen LogP contribution in [-0.2, 0) is 6.54 Å². The molecule has 1 heterocycles. The molecule has 6 nitrogen and oxygen atoms in total. The molecular weight excluding hydrogens is 368 g/mol. The number of benzene rings is 2. The van der Waals surface area contributed by atoms with Crippen molar-refractivity contribution in [3.63, 3.8) is 0 Å². The van der Waals surface area contributed by atoms with Gasteiger partial charge in [-0.3, -0.25) is 19.3 Å². The van der Waals surface area contributed by atoms with Gasteiger partial charge in [-0.15, -0.1) is 0 Å². The molecule has 2 aromatic carbocycles. The van der Waals surface area contributed by atoms with Gasteiger partial charge in [0, 0.05) is 13.1 Å². The lowest BCUT2D eigenvalue weighted by Gasteiger charge is -2.22. The van der Waals surface area contributed by atoms with Crippen molar-refractivity contribution in [1.82, 2.24) is 9.80 Å². The molecule has 29 heavy (non-hydrogen) atoms. The summed E-state index contributed by atoms with van der Waals surface area (Å²) in [5.41, 5.74) is 1.98. The van der Waals surface area contributed by atoms with Crippen molar-refractivity contribution in [2.75, 3.05) is 20.2 Å². The summed E-state index contributed by atoms with van der Waals surface area (Å²) in [5.74, 6) is -0.252. The van der Waals surface area contributed by atoms with E-state index < -0.39 is 0 Å². The minimum atomic E-state index is -0.313. The summed E-state index contributed by atoms with van der Waals surface area (Å²) in [5, 5.41) is 0. The summed E-state index contributed by atoms with van der Waals surface area (Å²) < 4.78 is 5.39. The van der Waals surface area contributed by atoms with Crippen LogP contribution >= 0.6 is 0 Å². The first-order valence-corrected chi connectivity index (χ1v) is 9.93. The molecule has 0 saturated heterocycles. The average molecular weight is 394 g/mol. The minimum absolute atomic E-state index is 0.109. The van der Waals surface area contributed by atoms with E-state index in [1.807, 2.05) is 6.92 Å². The molecule has 3 rings (SSSR count). The zero-order valence-electron chi connectivity index (χ0n) is 17.1. The molecule has 3 amide bonds. The molecule has 0 unspecified atom stereocenters. The lowest BCUT2D eigenvalue weighted by Crippen LogP contribution is -2.32. The fraction of sp³-hybridized carbons (Fsp3) is 0.348. The zero-order valence-corrected chi connectivity index (χ0v) is 17.1. The second-order valence-corrected chi connectivity index (χ2v) is 7.02. The van der Waals surface area contributed by atoms with E-state index >= 15 is 0 Å². The molecule has 0 bridgehead atoms. The summed E-state index contributed by atoms with van der Waals surface area (Å²) in [6.07, 6.45) is 1.93. The number of fused-ring (bicyclic) bond motifs is 1. The molecule has 1 aliphatic rings. The molecule has 0 spiro atoms. The number of ether oxygens (including phenoxy) is 1. The van der Waals surface area contributed by atoms with Gasteiger partial charge in [0.15, 0.2) is 0 Å². The van der Waals surface area contributed by atoms with E-state index in [1.165, 1.54) is 12.0 Å². The van der Waals surface area contributed by atoms with Gasteiger partial charge in [0.2, 0.25) is 0 Å². The second kappa shape index (κ2) is 8.90. The van der Waals surface area contributed by atoms with Crippen LogP contribution in [0.4, 0.5) is 0 Å². The topological polar surface area (TPSA) is 66.9 Å². The predicted octanol–water partition coefficient (Wildman–Crippen LogP) is 3.75. The van der Waals surface area contributed by atoms with Gasteiger partial charge in [0.1, 0.15) is 5.75 Å². The number of carbonyl (C=O) groups is 3. The summed E-state index contributed by atoms with van der Waals surface area (Å²) in [6.45, 7) is 5.42. The Bertz CT molecular complexity index is 903. The molecule has 0 fully saturated rings. The highest BCUT2D eigenvalue weighted by atomic mass is 16.5. The van der Waals surface area contributed by atoms with Gasteiger partial charge in [-0.2, -0.15) is 0 Å².